The average molecular weight is 235 g/mol. The highest BCUT2D eigenvalue weighted by Gasteiger charge is 2.02. The Morgan fingerprint density at radius 2 is 2.12 bits per heavy atom. The molecule has 2 aromatic rings. The Morgan fingerprint density at radius 1 is 1.31 bits per heavy atom. The maximum atomic E-state index is 6.00. The van der Waals surface area contributed by atoms with E-state index in [4.69, 9.17) is 11.6 Å². The first-order valence-electron chi connectivity index (χ1n) is 5.45. The Kier molecular flexibility index (Phi) is 3.30. The molecule has 16 heavy (non-hydrogen) atoms. The van der Waals surface area contributed by atoms with Crippen molar-refractivity contribution >= 4 is 28.2 Å². The quantitative estimate of drug-likeness (QED) is 0.870. The lowest BCUT2D eigenvalue weighted by atomic mass is 10.1. The minimum absolute atomic E-state index is 0.613. The van der Waals surface area contributed by atoms with E-state index >= 15 is 0 Å². The molecule has 1 N–H and O–H groups in total. The van der Waals surface area contributed by atoms with E-state index in [-0.39, 0.29) is 0 Å². The lowest BCUT2D eigenvalue weighted by Gasteiger charge is -2.11. The van der Waals surface area contributed by atoms with Crippen molar-refractivity contribution in [2.75, 3.05) is 11.9 Å². The smallest absolute Gasteiger partial charge is 0.0723 e. The third kappa shape index (κ3) is 2.45. The zero-order valence-electron chi connectivity index (χ0n) is 9.50. The van der Waals surface area contributed by atoms with Crippen LogP contribution in [0.1, 0.15) is 13.8 Å². The van der Waals surface area contributed by atoms with Gasteiger partial charge in [-0.25, -0.2) is 0 Å². The molecule has 1 aromatic carbocycles. The molecule has 1 aromatic heterocycles. The standard InChI is InChI=1S/C13H15ClN2/c1-9(2)8-16-13-5-6-15-12-4-3-10(14)7-11(12)13/h3-7,9H,8H2,1-2H3,(H,15,16). The lowest BCUT2D eigenvalue weighted by Crippen LogP contribution is -2.08. The summed E-state index contributed by atoms with van der Waals surface area (Å²) in [5.41, 5.74) is 2.07. The molecule has 0 bridgehead atoms. The van der Waals surface area contributed by atoms with Crippen LogP contribution < -0.4 is 5.32 Å². The van der Waals surface area contributed by atoms with E-state index in [1.54, 1.807) is 0 Å². The molecule has 0 amide bonds. The summed E-state index contributed by atoms with van der Waals surface area (Å²) in [6.07, 6.45) is 1.82. The maximum Gasteiger partial charge on any atom is 0.0723 e. The van der Waals surface area contributed by atoms with Crippen molar-refractivity contribution in [2.24, 2.45) is 5.92 Å². The van der Waals surface area contributed by atoms with Gasteiger partial charge in [0.1, 0.15) is 0 Å². The number of pyridine rings is 1. The van der Waals surface area contributed by atoms with Crippen molar-refractivity contribution in [1.29, 1.82) is 0 Å². The van der Waals surface area contributed by atoms with Crippen molar-refractivity contribution in [3.05, 3.63) is 35.5 Å². The van der Waals surface area contributed by atoms with Gasteiger partial charge in [0.2, 0.25) is 0 Å². The van der Waals surface area contributed by atoms with Gasteiger partial charge in [-0.05, 0) is 30.2 Å². The molecule has 0 fully saturated rings. The van der Waals surface area contributed by atoms with E-state index < -0.39 is 0 Å². The molecule has 3 heteroatoms. The monoisotopic (exact) mass is 234 g/mol. The largest absolute Gasteiger partial charge is 0.384 e. The SMILES string of the molecule is CC(C)CNc1ccnc2ccc(Cl)cc12. The van der Waals surface area contributed by atoms with E-state index in [0.717, 1.165) is 28.2 Å². The van der Waals surface area contributed by atoms with Gasteiger partial charge in [-0.15, -0.1) is 0 Å². The van der Waals surface area contributed by atoms with Gasteiger partial charge in [0.15, 0.2) is 0 Å². The third-order valence-electron chi connectivity index (χ3n) is 2.40. The second-order valence-corrected chi connectivity index (χ2v) is 4.73. The van der Waals surface area contributed by atoms with Crippen LogP contribution in [0.15, 0.2) is 30.5 Å². The number of aromatic nitrogens is 1. The molecule has 84 valence electrons. The predicted octanol–water partition coefficient (Wildman–Crippen LogP) is 3.96. The van der Waals surface area contributed by atoms with Crippen LogP contribution in [-0.4, -0.2) is 11.5 Å². The number of hydrogen-bond acceptors (Lipinski definition) is 2. The summed E-state index contributed by atoms with van der Waals surface area (Å²) in [4.78, 5) is 4.31. The molecule has 0 radical (unpaired) electrons. The summed E-state index contributed by atoms with van der Waals surface area (Å²) in [6.45, 7) is 5.32. The van der Waals surface area contributed by atoms with Crippen LogP contribution in [0.5, 0.6) is 0 Å². The van der Waals surface area contributed by atoms with Gasteiger partial charge in [-0.3, -0.25) is 4.98 Å². The summed E-state index contributed by atoms with van der Waals surface area (Å²) < 4.78 is 0. The van der Waals surface area contributed by atoms with Crippen LogP contribution >= 0.6 is 11.6 Å². The van der Waals surface area contributed by atoms with Crippen LogP contribution in [0.2, 0.25) is 5.02 Å². The molecule has 1 heterocycles. The summed E-state index contributed by atoms with van der Waals surface area (Å²) >= 11 is 6.00. The zero-order chi connectivity index (χ0) is 11.5. The summed E-state index contributed by atoms with van der Waals surface area (Å²) in [5, 5.41) is 5.24. The Morgan fingerprint density at radius 3 is 2.88 bits per heavy atom. The third-order valence-corrected chi connectivity index (χ3v) is 2.64. The molecule has 0 aliphatic heterocycles. The molecule has 2 nitrogen and oxygen atoms in total. The number of nitrogens with zero attached hydrogens (tertiary/aromatic N) is 1. The summed E-state index contributed by atoms with van der Waals surface area (Å²) in [6, 6.07) is 7.74. The molecule has 2 rings (SSSR count). The Balaban J connectivity index is 2.40. The maximum absolute atomic E-state index is 6.00. The van der Waals surface area contributed by atoms with Gasteiger partial charge < -0.3 is 5.32 Å². The molecule has 0 atom stereocenters. The zero-order valence-corrected chi connectivity index (χ0v) is 10.3. The highest BCUT2D eigenvalue weighted by molar-refractivity contribution is 6.31. The van der Waals surface area contributed by atoms with Crippen LogP contribution in [0, 0.1) is 5.92 Å². The number of halogens is 1. The van der Waals surface area contributed by atoms with Crippen LogP contribution in [0.3, 0.4) is 0 Å². The van der Waals surface area contributed by atoms with Crippen LogP contribution in [0.4, 0.5) is 5.69 Å². The minimum Gasteiger partial charge on any atom is -0.384 e. The lowest BCUT2D eigenvalue weighted by molar-refractivity contribution is 0.689. The first-order valence-corrected chi connectivity index (χ1v) is 5.83. The second-order valence-electron chi connectivity index (χ2n) is 4.29. The fraction of sp³-hybridized carbons (Fsp3) is 0.308. The van der Waals surface area contributed by atoms with Crippen LogP contribution in [0.25, 0.3) is 10.9 Å². The minimum atomic E-state index is 0.613. The van der Waals surface area contributed by atoms with Crippen molar-refractivity contribution < 1.29 is 0 Å². The molecular formula is C13H15ClN2. The van der Waals surface area contributed by atoms with Crippen molar-refractivity contribution in [1.82, 2.24) is 4.98 Å². The number of rotatable bonds is 3. The van der Waals surface area contributed by atoms with E-state index in [2.05, 4.69) is 24.1 Å². The highest BCUT2D eigenvalue weighted by Crippen LogP contribution is 2.24. The van der Waals surface area contributed by atoms with Gasteiger partial charge in [-0.1, -0.05) is 25.4 Å². The first kappa shape index (κ1) is 11.2. The molecule has 0 aliphatic carbocycles. The number of fused-ring (bicyclic) bond motifs is 1. The number of nitrogens with one attached hydrogen (secondary N) is 1. The normalized spacial score (nSPS) is 11.0. The van der Waals surface area contributed by atoms with E-state index in [9.17, 15) is 0 Å². The van der Waals surface area contributed by atoms with Gasteiger partial charge in [0, 0.05) is 28.8 Å². The molecule has 0 unspecified atom stereocenters. The Bertz CT molecular complexity index is 494. The van der Waals surface area contributed by atoms with Crippen molar-refractivity contribution in [3.63, 3.8) is 0 Å². The highest BCUT2D eigenvalue weighted by atomic mass is 35.5. The molecule has 0 spiro atoms. The van der Waals surface area contributed by atoms with E-state index in [1.165, 1.54) is 0 Å². The summed E-state index contributed by atoms with van der Waals surface area (Å²) in [7, 11) is 0. The number of benzene rings is 1. The van der Waals surface area contributed by atoms with Crippen LogP contribution in [-0.2, 0) is 0 Å². The van der Waals surface area contributed by atoms with E-state index in [0.29, 0.717) is 5.92 Å². The first-order chi connectivity index (χ1) is 7.66. The van der Waals surface area contributed by atoms with Gasteiger partial charge >= 0.3 is 0 Å². The van der Waals surface area contributed by atoms with Crippen molar-refractivity contribution in [3.8, 4) is 0 Å². The Labute approximate surface area is 101 Å². The number of anilines is 1. The van der Waals surface area contributed by atoms with Gasteiger partial charge in [-0.2, -0.15) is 0 Å². The molecule has 0 saturated heterocycles. The van der Waals surface area contributed by atoms with E-state index in [1.807, 2.05) is 30.5 Å². The van der Waals surface area contributed by atoms with Gasteiger partial charge in [0.25, 0.3) is 0 Å². The topological polar surface area (TPSA) is 24.9 Å². The predicted molar refractivity (Wildman–Crippen MR) is 70.1 cm³/mol. The van der Waals surface area contributed by atoms with Crippen molar-refractivity contribution in [2.45, 2.75) is 13.8 Å². The average Bonchev–Trinajstić information content (AvgIpc) is 2.26. The fourth-order valence-electron chi connectivity index (χ4n) is 1.59. The molecular weight excluding hydrogens is 220 g/mol. The second kappa shape index (κ2) is 4.71. The Hall–Kier alpha value is -1.28. The summed E-state index contributed by atoms with van der Waals surface area (Å²) in [5.74, 6) is 0.613. The molecule has 0 saturated carbocycles. The number of hydrogen-bond donors (Lipinski definition) is 1. The fourth-order valence-corrected chi connectivity index (χ4v) is 1.76. The molecule has 0 aliphatic rings. The van der Waals surface area contributed by atoms with Gasteiger partial charge in [0.05, 0.1) is 5.52 Å².